The van der Waals surface area contributed by atoms with Crippen LogP contribution in [-0.4, -0.2) is 34.6 Å². The third kappa shape index (κ3) is 4.46. The van der Waals surface area contributed by atoms with Gasteiger partial charge in [0.05, 0.1) is 5.75 Å². The standard InChI is InChI=1S/C18H13FN4O5S/c19-12-4-1-10(2-5-12)17-22-23-18(28-17)29-8-15(24)20-21-16(25)11-3-6-13-14(7-11)27-9-26-13/h1-7H,8-9H2,(H,20,24)(H,21,25). The Kier molecular flexibility index (Phi) is 5.29. The summed E-state index contributed by atoms with van der Waals surface area (Å²) in [7, 11) is 0. The number of carbonyl (C=O) groups is 2. The van der Waals surface area contributed by atoms with Crippen LogP contribution in [-0.2, 0) is 4.79 Å². The number of hydrogen-bond donors (Lipinski definition) is 2. The zero-order valence-corrected chi connectivity index (χ0v) is 15.5. The molecular weight excluding hydrogens is 403 g/mol. The third-order valence-corrected chi connectivity index (χ3v) is 4.59. The highest BCUT2D eigenvalue weighted by molar-refractivity contribution is 7.99. The summed E-state index contributed by atoms with van der Waals surface area (Å²) in [5.41, 5.74) is 5.48. The zero-order chi connectivity index (χ0) is 20.2. The molecule has 0 spiro atoms. The first-order chi connectivity index (χ1) is 14.1. The molecule has 0 radical (unpaired) electrons. The maximum absolute atomic E-state index is 13.0. The highest BCUT2D eigenvalue weighted by atomic mass is 32.2. The summed E-state index contributed by atoms with van der Waals surface area (Å²) in [6.07, 6.45) is 0. The van der Waals surface area contributed by atoms with E-state index in [1.54, 1.807) is 12.1 Å². The Morgan fingerprint density at radius 2 is 1.83 bits per heavy atom. The van der Waals surface area contributed by atoms with Gasteiger partial charge in [0.1, 0.15) is 5.82 Å². The number of ether oxygens (including phenoxy) is 2. The van der Waals surface area contributed by atoms with E-state index < -0.39 is 11.8 Å². The van der Waals surface area contributed by atoms with Crippen LogP contribution in [0.5, 0.6) is 11.5 Å². The lowest BCUT2D eigenvalue weighted by Crippen LogP contribution is -2.42. The van der Waals surface area contributed by atoms with Gasteiger partial charge in [0, 0.05) is 11.1 Å². The van der Waals surface area contributed by atoms with Gasteiger partial charge >= 0.3 is 0 Å². The second kappa shape index (κ2) is 8.19. The summed E-state index contributed by atoms with van der Waals surface area (Å²) in [5.74, 6) is -0.170. The second-order valence-corrected chi connectivity index (χ2v) is 6.67. The topological polar surface area (TPSA) is 116 Å². The number of hydrazine groups is 1. The van der Waals surface area contributed by atoms with Gasteiger partial charge in [-0.15, -0.1) is 10.2 Å². The lowest BCUT2D eigenvalue weighted by atomic mass is 10.2. The number of rotatable bonds is 5. The number of nitrogens with one attached hydrogen (secondary N) is 2. The van der Waals surface area contributed by atoms with Crippen LogP contribution in [0.2, 0.25) is 0 Å². The molecule has 0 atom stereocenters. The first-order valence-electron chi connectivity index (χ1n) is 8.29. The first kappa shape index (κ1) is 18.7. The molecule has 2 amide bonds. The maximum Gasteiger partial charge on any atom is 0.277 e. The van der Waals surface area contributed by atoms with Crippen LogP contribution in [0.1, 0.15) is 10.4 Å². The molecule has 148 valence electrons. The van der Waals surface area contributed by atoms with Crippen LogP contribution in [0.3, 0.4) is 0 Å². The quantitative estimate of drug-likeness (QED) is 0.480. The minimum absolute atomic E-state index is 0.0630. The van der Waals surface area contributed by atoms with Crippen LogP contribution in [0.15, 0.2) is 52.1 Å². The Bertz CT molecular complexity index is 1060. The molecule has 2 heterocycles. The van der Waals surface area contributed by atoms with Crippen molar-refractivity contribution in [1.82, 2.24) is 21.0 Å². The van der Waals surface area contributed by atoms with E-state index in [0.29, 0.717) is 22.6 Å². The van der Waals surface area contributed by atoms with Crippen molar-refractivity contribution < 1.29 is 27.9 Å². The first-order valence-corrected chi connectivity index (χ1v) is 9.28. The summed E-state index contributed by atoms with van der Waals surface area (Å²) >= 11 is 0.997. The van der Waals surface area contributed by atoms with Crippen LogP contribution >= 0.6 is 11.8 Å². The maximum atomic E-state index is 13.0. The molecule has 0 unspecified atom stereocenters. The fraction of sp³-hybridized carbons (Fsp3) is 0.111. The van der Waals surface area contributed by atoms with Crippen molar-refractivity contribution in [2.45, 2.75) is 5.22 Å². The largest absolute Gasteiger partial charge is 0.454 e. The lowest BCUT2D eigenvalue weighted by Gasteiger charge is -2.07. The Morgan fingerprint density at radius 3 is 2.66 bits per heavy atom. The van der Waals surface area contributed by atoms with Gasteiger partial charge in [-0.1, -0.05) is 11.8 Å². The molecule has 2 aromatic carbocycles. The summed E-state index contributed by atoms with van der Waals surface area (Å²) < 4.78 is 28.8. The summed E-state index contributed by atoms with van der Waals surface area (Å²) in [4.78, 5) is 24.0. The molecule has 0 saturated carbocycles. The van der Waals surface area contributed by atoms with Crippen molar-refractivity contribution in [3.8, 4) is 23.0 Å². The predicted octanol–water partition coefficient (Wildman–Crippen LogP) is 2.16. The molecule has 0 fully saturated rings. The SMILES string of the molecule is O=C(CSc1nnc(-c2ccc(F)cc2)o1)NNC(=O)c1ccc2c(c1)OCO2. The fourth-order valence-corrected chi connectivity index (χ4v) is 2.94. The predicted molar refractivity (Wildman–Crippen MR) is 98.6 cm³/mol. The van der Waals surface area contributed by atoms with Crippen LogP contribution in [0.25, 0.3) is 11.5 Å². The van der Waals surface area contributed by atoms with E-state index in [4.69, 9.17) is 13.9 Å². The number of nitrogens with zero attached hydrogens (tertiary/aromatic N) is 2. The van der Waals surface area contributed by atoms with Crippen LogP contribution < -0.4 is 20.3 Å². The van der Waals surface area contributed by atoms with Gasteiger partial charge in [-0.25, -0.2) is 4.39 Å². The van der Waals surface area contributed by atoms with Gasteiger partial charge in [0.15, 0.2) is 11.5 Å². The van der Waals surface area contributed by atoms with Crippen molar-refractivity contribution >= 4 is 23.6 Å². The molecule has 0 aliphatic carbocycles. The Morgan fingerprint density at radius 1 is 1.03 bits per heavy atom. The van der Waals surface area contributed by atoms with Crippen molar-refractivity contribution in [2.75, 3.05) is 12.5 Å². The van der Waals surface area contributed by atoms with Crippen LogP contribution in [0.4, 0.5) is 4.39 Å². The van der Waals surface area contributed by atoms with Gasteiger partial charge in [-0.2, -0.15) is 0 Å². The Labute approximate surface area is 167 Å². The number of aromatic nitrogens is 2. The van der Waals surface area contributed by atoms with E-state index in [2.05, 4.69) is 21.0 Å². The van der Waals surface area contributed by atoms with E-state index in [0.717, 1.165) is 11.8 Å². The van der Waals surface area contributed by atoms with E-state index in [9.17, 15) is 14.0 Å². The number of hydrogen-bond acceptors (Lipinski definition) is 8. The number of fused-ring (bicyclic) bond motifs is 1. The fourth-order valence-electron chi connectivity index (χ4n) is 2.38. The van der Waals surface area contributed by atoms with Gasteiger partial charge in [0.2, 0.25) is 18.6 Å². The average Bonchev–Trinajstić information content (AvgIpc) is 3.40. The molecule has 3 aromatic rings. The van der Waals surface area contributed by atoms with E-state index >= 15 is 0 Å². The molecule has 0 saturated heterocycles. The third-order valence-electron chi connectivity index (χ3n) is 3.77. The van der Waals surface area contributed by atoms with Crippen molar-refractivity contribution in [3.63, 3.8) is 0 Å². The molecule has 1 aromatic heterocycles. The Balaban J connectivity index is 1.26. The molecule has 9 nitrogen and oxygen atoms in total. The van der Waals surface area contributed by atoms with E-state index in [1.807, 2.05) is 0 Å². The number of benzene rings is 2. The molecule has 29 heavy (non-hydrogen) atoms. The second-order valence-electron chi connectivity index (χ2n) is 5.74. The van der Waals surface area contributed by atoms with Crippen LogP contribution in [0, 0.1) is 5.82 Å². The molecular formula is C18H13FN4O5S. The van der Waals surface area contributed by atoms with Gasteiger partial charge in [-0.3, -0.25) is 20.4 Å². The molecule has 1 aliphatic heterocycles. The normalized spacial score (nSPS) is 11.9. The highest BCUT2D eigenvalue weighted by Crippen LogP contribution is 2.32. The monoisotopic (exact) mass is 416 g/mol. The van der Waals surface area contributed by atoms with Gasteiger partial charge in [0.25, 0.3) is 11.1 Å². The summed E-state index contributed by atoms with van der Waals surface area (Å²) in [6, 6.07) is 10.3. The van der Waals surface area contributed by atoms with Crippen molar-refractivity contribution in [3.05, 3.63) is 53.8 Å². The van der Waals surface area contributed by atoms with Crippen molar-refractivity contribution in [2.24, 2.45) is 0 Å². The average molecular weight is 416 g/mol. The minimum Gasteiger partial charge on any atom is -0.454 e. The molecule has 0 bridgehead atoms. The van der Waals surface area contributed by atoms with Gasteiger partial charge in [-0.05, 0) is 42.5 Å². The van der Waals surface area contributed by atoms with Gasteiger partial charge < -0.3 is 13.9 Å². The van der Waals surface area contributed by atoms with E-state index in [1.165, 1.54) is 30.3 Å². The molecule has 2 N–H and O–H groups in total. The molecule has 1 aliphatic rings. The molecule has 4 rings (SSSR count). The smallest absolute Gasteiger partial charge is 0.277 e. The lowest BCUT2D eigenvalue weighted by molar-refractivity contribution is -0.119. The summed E-state index contributed by atoms with van der Waals surface area (Å²) in [6.45, 7) is 0.104. The Hall–Kier alpha value is -3.60. The number of amides is 2. The number of halogens is 1. The minimum atomic E-state index is -0.502. The van der Waals surface area contributed by atoms with E-state index in [-0.39, 0.29) is 29.5 Å². The summed E-state index contributed by atoms with van der Waals surface area (Å²) in [5, 5.41) is 7.84. The number of carbonyl (C=O) groups excluding carboxylic acids is 2. The number of thioether (sulfide) groups is 1. The van der Waals surface area contributed by atoms with Crippen molar-refractivity contribution in [1.29, 1.82) is 0 Å². The molecule has 11 heteroatoms. The zero-order valence-electron chi connectivity index (χ0n) is 14.7. The highest BCUT2D eigenvalue weighted by Gasteiger charge is 2.17.